The fraction of sp³-hybridized carbons (Fsp3) is 0.357. The van der Waals surface area contributed by atoms with Gasteiger partial charge < -0.3 is 10.5 Å². The average molecular weight is 278 g/mol. The summed E-state index contributed by atoms with van der Waals surface area (Å²) < 4.78 is 7.89. The van der Waals surface area contributed by atoms with Crippen LogP contribution < -0.4 is 10.5 Å². The molecule has 0 fully saturated rings. The lowest BCUT2D eigenvalue weighted by molar-refractivity contribution is 0.161. The third-order valence-electron chi connectivity index (χ3n) is 3.73. The van der Waals surface area contributed by atoms with Crippen LogP contribution in [-0.2, 0) is 7.05 Å². The molecule has 2 aromatic rings. The molecule has 2 heterocycles. The maximum Gasteiger partial charge on any atom is 0.129 e. The topological polar surface area (TPSA) is 53.1 Å². The zero-order valence-corrected chi connectivity index (χ0v) is 11.7. The number of aryl methyl sites for hydroxylation is 1. The van der Waals surface area contributed by atoms with Crippen molar-refractivity contribution in [1.82, 2.24) is 9.78 Å². The SMILES string of the molecule is Cc1c(C2CC(N)c3cc(Cl)ccc3O2)cnn1C. The highest BCUT2D eigenvalue weighted by Gasteiger charge is 2.29. The van der Waals surface area contributed by atoms with Crippen molar-refractivity contribution >= 4 is 11.6 Å². The van der Waals surface area contributed by atoms with E-state index in [9.17, 15) is 0 Å². The molecular weight excluding hydrogens is 262 g/mol. The number of fused-ring (bicyclic) bond motifs is 1. The number of ether oxygens (including phenoxy) is 1. The molecule has 0 radical (unpaired) electrons. The molecule has 1 aliphatic heterocycles. The summed E-state index contributed by atoms with van der Waals surface area (Å²) in [6.07, 6.45) is 2.55. The van der Waals surface area contributed by atoms with Crippen LogP contribution in [0.2, 0.25) is 5.02 Å². The summed E-state index contributed by atoms with van der Waals surface area (Å²) in [7, 11) is 1.93. The number of benzene rings is 1. The number of halogens is 1. The Morgan fingerprint density at radius 1 is 1.42 bits per heavy atom. The largest absolute Gasteiger partial charge is 0.485 e. The van der Waals surface area contributed by atoms with E-state index < -0.39 is 0 Å². The van der Waals surface area contributed by atoms with Crippen LogP contribution in [0, 0.1) is 6.92 Å². The average Bonchev–Trinajstić information content (AvgIpc) is 2.71. The molecule has 1 aromatic carbocycles. The molecule has 3 rings (SSSR count). The molecule has 0 saturated carbocycles. The van der Waals surface area contributed by atoms with E-state index in [0.29, 0.717) is 5.02 Å². The number of hydrogen-bond acceptors (Lipinski definition) is 3. The standard InChI is InChI=1S/C14H16ClN3O/c1-8-11(7-17-18(8)2)14-6-12(16)10-5-9(15)3-4-13(10)19-14/h3-5,7,12,14H,6,16H2,1-2H3. The van der Waals surface area contributed by atoms with E-state index in [1.54, 1.807) is 0 Å². The number of nitrogens with two attached hydrogens (primary N) is 1. The molecule has 0 aliphatic carbocycles. The van der Waals surface area contributed by atoms with E-state index in [-0.39, 0.29) is 12.1 Å². The monoisotopic (exact) mass is 277 g/mol. The maximum atomic E-state index is 6.23. The molecule has 19 heavy (non-hydrogen) atoms. The molecular formula is C14H16ClN3O. The van der Waals surface area contributed by atoms with Crippen LogP contribution >= 0.6 is 11.6 Å². The smallest absolute Gasteiger partial charge is 0.129 e. The quantitative estimate of drug-likeness (QED) is 0.872. The van der Waals surface area contributed by atoms with Gasteiger partial charge >= 0.3 is 0 Å². The van der Waals surface area contributed by atoms with Gasteiger partial charge in [0.05, 0.1) is 6.20 Å². The van der Waals surface area contributed by atoms with Crippen molar-refractivity contribution in [2.24, 2.45) is 12.8 Å². The first-order valence-electron chi connectivity index (χ1n) is 6.26. The Labute approximate surface area is 117 Å². The molecule has 2 atom stereocenters. The predicted molar refractivity (Wildman–Crippen MR) is 74.3 cm³/mol. The third kappa shape index (κ3) is 2.11. The fourth-order valence-corrected chi connectivity index (χ4v) is 2.68. The minimum atomic E-state index is -0.0629. The Hall–Kier alpha value is -1.52. The molecule has 0 spiro atoms. The van der Waals surface area contributed by atoms with Crippen LogP contribution in [0.15, 0.2) is 24.4 Å². The van der Waals surface area contributed by atoms with Crippen LogP contribution in [0.3, 0.4) is 0 Å². The summed E-state index contributed by atoms with van der Waals surface area (Å²) in [6, 6.07) is 5.53. The number of aromatic nitrogens is 2. The lowest BCUT2D eigenvalue weighted by Gasteiger charge is -2.30. The van der Waals surface area contributed by atoms with Crippen molar-refractivity contribution in [1.29, 1.82) is 0 Å². The normalized spacial score (nSPS) is 21.9. The van der Waals surface area contributed by atoms with Crippen molar-refractivity contribution in [3.05, 3.63) is 46.2 Å². The summed E-state index contributed by atoms with van der Waals surface area (Å²) >= 11 is 6.00. The van der Waals surface area contributed by atoms with Gasteiger partial charge in [-0.1, -0.05) is 11.6 Å². The summed E-state index contributed by atoms with van der Waals surface area (Å²) in [5.41, 5.74) is 9.41. The number of hydrogen-bond donors (Lipinski definition) is 1. The van der Waals surface area contributed by atoms with Crippen molar-refractivity contribution in [2.45, 2.75) is 25.5 Å². The van der Waals surface area contributed by atoms with Gasteiger partial charge in [0.2, 0.25) is 0 Å². The van der Waals surface area contributed by atoms with Gasteiger partial charge in [-0.05, 0) is 25.1 Å². The van der Waals surface area contributed by atoms with E-state index in [1.807, 2.05) is 43.0 Å². The lowest BCUT2D eigenvalue weighted by atomic mass is 9.94. The Morgan fingerprint density at radius 2 is 2.21 bits per heavy atom. The molecule has 0 amide bonds. The van der Waals surface area contributed by atoms with Crippen LogP contribution in [0.5, 0.6) is 5.75 Å². The number of rotatable bonds is 1. The van der Waals surface area contributed by atoms with Crippen molar-refractivity contribution in [3.8, 4) is 5.75 Å². The van der Waals surface area contributed by atoms with E-state index >= 15 is 0 Å². The van der Waals surface area contributed by atoms with Gasteiger partial charge in [0.15, 0.2) is 0 Å². The minimum Gasteiger partial charge on any atom is -0.485 e. The summed E-state index contributed by atoms with van der Waals surface area (Å²) in [5, 5.41) is 4.95. The van der Waals surface area contributed by atoms with Gasteiger partial charge in [-0.15, -0.1) is 0 Å². The van der Waals surface area contributed by atoms with Gasteiger partial charge in [-0.25, -0.2) is 0 Å². The Morgan fingerprint density at radius 3 is 2.89 bits per heavy atom. The molecule has 1 aromatic heterocycles. The molecule has 2 N–H and O–H groups in total. The molecule has 4 nitrogen and oxygen atoms in total. The van der Waals surface area contributed by atoms with Crippen molar-refractivity contribution < 1.29 is 4.74 Å². The first-order valence-corrected chi connectivity index (χ1v) is 6.64. The highest BCUT2D eigenvalue weighted by atomic mass is 35.5. The molecule has 100 valence electrons. The van der Waals surface area contributed by atoms with Crippen molar-refractivity contribution in [3.63, 3.8) is 0 Å². The highest BCUT2D eigenvalue weighted by molar-refractivity contribution is 6.30. The Bertz CT molecular complexity index is 623. The summed E-state index contributed by atoms with van der Waals surface area (Å²) in [4.78, 5) is 0. The van der Waals surface area contributed by atoms with Crippen LogP contribution in [0.1, 0.15) is 35.4 Å². The van der Waals surface area contributed by atoms with Gasteiger partial charge in [-0.2, -0.15) is 5.10 Å². The predicted octanol–water partition coefficient (Wildman–Crippen LogP) is 2.91. The zero-order valence-electron chi connectivity index (χ0n) is 10.9. The molecule has 1 aliphatic rings. The first-order chi connectivity index (χ1) is 9.06. The third-order valence-corrected chi connectivity index (χ3v) is 3.96. The lowest BCUT2D eigenvalue weighted by Crippen LogP contribution is -2.24. The highest BCUT2D eigenvalue weighted by Crippen LogP contribution is 2.41. The van der Waals surface area contributed by atoms with E-state index in [2.05, 4.69) is 5.10 Å². The fourth-order valence-electron chi connectivity index (χ4n) is 2.50. The molecule has 0 saturated heterocycles. The molecule has 0 bridgehead atoms. The van der Waals surface area contributed by atoms with Crippen LogP contribution in [0.4, 0.5) is 0 Å². The van der Waals surface area contributed by atoms with E-state index in [4.69, 9.17) is 22.1 Å². The maximum absolute atomic E-state index is 6.23. The van der Waals surface area contributed by atoms with Gasteiger partial charge in [0, 0.05) is 41.4 Å². The van der Waals surface area contributed by atoms with Crippen LogP contribution in [-0.4, -0.2) is 9.78 Å². The second-order valence-corrected chi connectivity index (χ2v) is 5.38. The van der Waals surface area contributed by atoms with Crippen molar-refractivity contribution in [2.75, 3.05) is 0 Å². The first kappa shape index (κ1) is 12.5. The summed E-state index contributed by atoms with van der Waals surface area (Å²) in [6.45, 7) is 2.04. The Balaban J connectivity index is 1.97. The van der Waals surface area contributed by atoms with Gasteiger partial charge in [0.1, 0.15) is 11.9 Å². The second kappa shape index (κ2) is 4.54. The minimum absolute atomic E-state index is 0.0441. The van der Waals surface area contributed by atoms with Gasteiger partial charge in [-0.3, -0.25) is 4.68 Å². The second-order valence-electron chi connectivity index (χ2n) is 4.94. The molecule has 2 unspecified atom stereocenters. The molecule has 5 heteroatoms. The zero-order chi connectivity index (χ0) is 13.6. The van der Waals surface area contributed by atoms with Gasteiger partial charge in [0.25, 0.3) is 0 Å². The summed E-state index contributed by atoms with van der Waals surface area (Å²) in [5.74, 6) is 0.816. The Kier molecular flexibility index (Phi) is 2.99. The van der Waals surface area contributed by atoms with E-state index in [0.717, 1.165) is 29.0 Å². The number of nitrogens with zero attached hydrogens (tertiary/aromatic N) is 2. The van der Waals surface area contributed by atoms with E-state index in [1.165, 1.54) is 0 Å². The van der Waals surface area contributed by atoms with Crippen LogP contribution in [0.25, 0.3) is 0 Å².